The Hall–Kier alpha value is -1.29. The Morgan fingerprint density at radius 1 is 1.33 bits per heavy atom. The molecule has 1 aromatic heterocycles. The molecule has 1 aliphatic heterocycles. The van der Waals surface area contributed by atoms with Crippen molar-refractivity contribution in [3.05, 3.63) is 23.5 Å². The van der Waals surface area contributed by atoms with Gasteiger partial charge in [0.15, 0.2) is 0 Å². The zero-order valence-electron chi connectivity index (χ0n) is 8.83. The van der Waals surface area contributed by atoms with E-state index in [0.717, 1.165) is 30.8 Å². The van der Waals surface area contributed by atoms with Gasteiger partial charge in [0.05, 0.1) is 6.54 Å². The van der Waals surface area contributed by atoms with Crippen molar-refractivity contribution in [1.29, 1.82) is 0 Å². The number of hydrogen-bond donors (Lipinski definition) is 2. The minimum absolute atomic E-state index is 0.269. The molecule has 0 radical (unpaired) electrons. The third-order valence-electron chi connectivity index (χ3n) is 2.81. The first kappa shape index (κ1) is 10.2. The van der Waals surface area contributed by atoms with Gasteiger partial charge in [0.1, 0.15) is 0 Å². The molecule has 1 saturated heterocycles. The molecule has 1 fully saturated rings. The summed E-state index contributed by atoms with van der Waals surface area (Å²) in [4.78, 5) is 16.7. The number of nitrogens with one attached hydrogen (secondary N) is 1. The summed E-state index contributed by atoms with van der Waals surface area (Å²) in [5, 5.41) is 0. The number of H-pyrrole nitrogens is 1. The SMILES string of the molecule is NCc1ccc(CN2CCCCC2=O)[nH]1. The van der Waals surface area contributed by atoms with Crippen molar-refractivity contribution in [2.45, 2.75) is 32.4 Å². The molecule has 0 spiro atoms. The minimum atomic E-state index is 0.269. The molecule has 0 saturated carbocycles. The highest BCUT2D eigenvalue weighted by molar-refractivity contribution is 5.76. The van der Waals surface area contributed by atoms with Gasteiger partial charge in [0.25, 0.3) is 0 Å². The van der Waals surface area contributed by atoms with E-state index in [9.17, 15) is 4.79 Å². The molecule has 4 heteroatoms. The van der Waals surface area contributed by atoms with Gasteiger partial charge in [0, 0.05) is 30.9 Å². The molecular formula is C11H17N3O. The normalized spacial score (nSPS) is 17.1. The Kier molecular flexibility index (Phi) is 3.06. The van der Waals surface area contributed by atoms with Crippen molar-refractivity contribution < 1.29 is 4.79 Å². The molecule has 1 aromatic rings. The van der Waals surface area contributed by atoms with Crippen LogP contribution in [0.4, 0.5) is 0 Å². The summed E-state index contributed by atoms with van der Waals surface area (Å²) in [6, 6.07) is 3.98. The molecule has 0 unspecified atom stereocenters. The Bertz CT molecular complexity index is 345. The zero-order valence-corrected chi connectivity index (χ0v) is 8.83. The van der Waals surface area contributed by atoms with Gasteiger partial charge in [-0.1, -0.05) is 0 Å². The number of aromatic amines is 1. The van der Waals surface area contributed by atoms with Gasteiger partial charge in [0.2, 0.25) is 5.91 Å². The van der Waals surface area contributed by atoms with Crippen LogP contribution in [-0.2, 0) is 17.9 Å². The summed E-state index contributed by atoms with van der Waals surface area (Å²) in [6.07, 6.45) is 2.86. The molecule has 0 aliphatic carbocycles. The number of nitrogens with two attached hydrogens (primary N) is 1. The fourth-order valence-electron chi connectivity index (χ4n) is 1.94. The fraction of sp³-hybridized carbons (Fsp3) is 0.545. The van der Waals surface area contributed by atoms with Crippen LogP contribution in [0.1, 0.15) is 30.7 Å². The van der Waals surface area contributed by atoms with E-state index in [0.29, 0.717) is 19.5 Å². The van der Waals surface area contributed by atoms with E-state index in [4.69, 9.17) is 5.73 Å². The van der Waals surface area contributed by atoms with Gasteiger partial charge in [-0.2, -0.15) is 0 Å². The van der Waals surface area contributed by atoms with Gasteiger partial charge < -0.3 is 15.6 Å². The Labute approximate surface area is 89.5 Å². The van der Waals surface area contributed by atoms with Crippen molar-refractivity contribution in [3.63, 3.8) is 0 Å². The summed E-state index contributed by atoms with van der Waals surface area (Å²) in [5.41, 5.74) is 7.61. The molecule has 15 heavy (non-hydrogen) atoms. The number of likely N-dealkylation sites (tertiary alicyclic amines) is 1. The molecular weight excluding hydrogens is 190 g/mol. The molecule has 1 amide bonds. The number of rotatable bonds is 3. The van der Waals surface area contributed by atoms with Gasteiger partial charge in [-0.05, 0) is 25.0 Å². The van der Waals surface area contributed by atoms with E-state index in [2.05, 4.69) is 4.98 Å². The summed E-state index contributed by atoms with van der Waals surface area (Å²) in [5.74, 6) is 0.269. The lowest BCUT2D eigenvalue weighted by Gasteiger charge is -2.26. The largest absolute Gasteiger partial charge is 0.360 e. The Balaban J connectivity index is 1.98. The number of piperidine rings is 1. The van der Waals surface area contributed by atoms with Crippen LogP contribution in [0.3, 0.4) is 0 Å². The van der Waals surface area contributed by atoms with Crippen LogP contribution in [0.15, 0.2) is 12.1 Å². The smallest absolute Gasteiger partial charge is 0.222 e. The van der Waals surface area contributed by atoms with Crippen molar-refractivity contribution in [3.8, 4) is 0 Å². The first-order chi connectivity index (χ1) is 7.29. The maximum absolute atomic E-state index is 11.6. The number of hydrogen-bond acceptors (Lipinski definition) is 2. The Morgan fingerprint density at radius 3 is 2.80 bits per heavy atom. The summed E-state index contributed by atoms with van der Waals surface area (Å²) in [7, 11) is 0. The fourth-order valence-corrected chi connectivity index (χ4v) is 1.94. The molecule has 2 heterocycles. The highest BCUT2D eigenvalue weighted by Crippen LogP contribution is 2.14. The maximum atomic E-state index is 11.6. The second-order valence-electron chi connectivity index (χ2n) is 3.99. The molecule has 2 rings (SSSR count). The minimum Gasteiger partial charge on any atom is -0.360 e. The van der Waals surface area contributed by atoms with Gasteiger partial charge in [-0.15, -0.1) is 0 Å². The number of aromatic nitrogens is 1. The van der Waals surface area contributed by atoms with Gasteiger partial charge in [-0.25, -0.2) is 0 Å². The lowest BCUT2D eigenvalue weighted by atomic mass is 10.1. The number of carbonyl (C=O) groups is 1. The molecule has 3 N–H and O–H groups in total. The second kappa shape index (κ2) is 4.49. The zero-order chi connectivity index (χ0) is 10.7. The number of nitrogens with zero attached hydrogens (tertiary/aromatic N) is 1. The maximum Gasteiger partial charge on any atom is 0.222 e. The highest BCUT2D eigenvalue weighted by Gasteiger charge is 2.18. The Morgan fingerprint density at radius 2 is 2.13 bits per heavy atom. The standard InChI is InChI=1S/C11H17N3O/c12-7-9-4-5-10(13-9)8-14-6-2-1-3-11(14)15/h4-5,13H,1-3,6-8,12H2. The first-order valence-corrected chi connectivity index (χ1v) is 5.44. The first-order valence-electron chi connectivity index (χ1n) is 5.44. The van der Waals surface area contributed by atoms with Crippen molar-refractivity contribution in [2.75, 3.05) is 6.54 Å². The van der Waals surface area contributed by atoms with Gasteiger partial charge >= 0.3 is 0 Å². The van der Waals surface area contributed by atoms with Crippen LogP contribution < -0.4 is 5.73 Å². The molecule has 82 valence electrons. The van der Waals surface area contributed by atoms with Crippen LogP contribution in [0.25, 0.3) is 0 Å². The number of amides is 1. The van der Waals surface area contributed by atoms with Crippen LogP contribution in [0.2, 0.25) is 0 Å². The van der Waals surface area contributed by atoms with E-state index < -0.39 is 0 Å². The highest BCUT2D eigenvalue weighted by atomic mass is 16.2. The average Bonchev–Trinajstić information content (AvgIpc) is 2.69. The van der Waals surface area contributed by atoms with E-state index in [-0.39, 0.29) is 5.91 Å². The lowest BCUT2D eigenvalue weighted by Crippen LogP contribution is -2.34. The molecule has 0 atom stereocenters. The van der Waals surface area contributed by atoms with E-state index in [1.165, 1.54) is 0 Å². The quantitative estimate of drug-likeness (QED) is 0.776. The number of carbonyl (C=O) groups excluding carboxylic acids is 1. The van der Waals surface area contributed by atoms with Crippen molar-refractivity contribution in [2.24, 2.45) is 5.73 Å². The second-order valence-corrected chi connectivity index (χ2v) is 3.99. The summed E-state index contributed by atoms with van der Waals surface area (Å²) < 4.78 is 0. The third kappa shape index (κ3) is 2.39. The van der Waals surface area contributed by atoms with Crippen molar-refractivity contribution >= 4 is 5.91 Å². The predicted octanol–water partition coefficient (Wildman–Crippen LogP) is 0.986. The average molecular weight is 207 g/mol. The van der Waals surface area contributed by atoms with Crippen LogP contribution in [0, 0.1) is 0 Å². The van der Waals surface area contributed by atoms with E-state index >= 15 is 0 Å². The van der Waals surface area contributed by atoms with Crippen LogP contribution in [-0.4, -0.2) is 22.3 Å². The lowest BCUT2D eigenvalue weighted by molar-refractivity contribution is -0.133. The van der Waals surface area contributed by atoms with Gasteiger partial charge in [-0.3, -0.25) is 4.79 Å². The molecule has 0 bridgehead atoms. The van der Waals surface area contributed by atoms with E-state index in [1.54, 1.807) is 0 Å². The topological polar surface area (TPSA) is 62.1 Å². The van der Waals surface area contributed by atoms with Crippen LogP contribution >= 0.6 is 0 Å². The molecule has 0 aromatic carbocycles. The van der Waals surface area contributed by atoms with Crippen LogP contribution in [0.5, 0.6) is 0 Å². The van der Waals surface area contributed by atoms with Crippen molar-refractivity contribution in [1.82, 2.24) is 9.88 Å². The summed E-state index contributed by atoms with van der Waals surface area (Å²) >= 11 is 0. The third-order valence-corrected chi connectivity index (χ3v) is 2.81. The molecule has 1 aliphatic rings. The monoisotopic (exact) mass is 207 g/mol. The predicted molar refractivity (Wildman–Crippen MR) is 58.0 cm³/mol. The summed E-state index contributed by atoms with van der Waals surface area (Å²) in [6.45, 7) is 2.10. The molecule has 4 nitrogen and oxygen atoms in total. The van der Waals surface area contributed by atoms with E-state index in [1.807, 2.05) is 17.0 Å².